The predicted molar refractivity (Wildman–Crippen MR) is 75.4 cm³/mol. The summed E-state index contributed by atoms with van der Waals surface area (Å²) in [7, 11) is 0. The zero-order valence-corrected chi connectivity index (χ0v) is 11.8. The first-order valence-corrected chi connectivity index (χ1v) is 7.57. The van der Waals surface area contributed by atoms with Crippen LogP contribution in [0.1, 0.15) is 31.4 Å². The Kier molecular flexibility index (Phi) is 4.34. The summed E-state index contributed by atoms with van der Waals surface area (Å²) in [5.74, 6) is 0.328. The fourth-order valence-electron chi connectivity index (χ4n) is 3.33. The molecule has 2 fully saturated rings. The molecule has 0 aromatic carbocycles. The largest absolute Gasteiger partial charge is 0.393 e. The Morgan fingerprint density at radius 3 is 3.10 bits per heavy atom. The van der Waals surface area contributed by atoms with Crippen LogP contribution in [0.3, 0.4) is 0 Å². The lowest BCUT2D eigenvalue weighted by Gasteiger charge is -2.39. The Labute approximate surface area is 120 Å². The van der Waals surface area contributed by atoms with Crippen molar-refractivity contribution in [3.63, 3.8) is 0 Å². The van der Waals surface area contributed by atoms with Gasteiger partial charge in [-0.25, -0.2) is 0 Å². The molecular weight excluding hydrogens is 254 g/mol. The van der Waals surface area contributed by atoms with Crippen molar-refractivity contribution in [2.45, 2.75) is 43.8 Å². The summed E-state index contributed by atoms with van der Waals surface area (Å²) >= 11 is 0. The van der Waals surface area contributed by atoms with E-state index in [1.165, 1.54) is 0 Å². The van der Waals surface area contributed by atoms with Gasteiger partial charge in [-0.2, -0.15) is 0 Å². The van der Waals surface area contributed by atoms with Crippen LogP contribution in [0.4, 0.5) is 0 Å². The minimum atomic E-state index is -0.265. The molecule has 3 unspecified atom stereocenters. The molecule has 20 heavy (non-hydrogen) atoms. The van der Waals surface area contributed by atoms with Gasteiger partial charge < -0.3 is 14.6 Å². The molecule has 3 heterocycles. The van der Waals surface area contributed by atoms with E-state index in [0.29, 0.717) is 12.5 Å². The standard InChI is InChI=1S/C16H23NO3/c18-15(5-4-14-3-1-2-8-17-14)13-6-9-20-16(11-13)7-10-19-12-16/h1-3,8,13,15,18H,4-7,9-12H2. The lowest BCUT2D eigenvalue weighted by molar-refractivity contribution is -0.117. The van der Waals surface area contributed by atoms with E-state index in [-0.39, 0.29) is 11.7 Å². The summed E-state index contributed by atoms with van der Waals surface area (Å²) in [5, 5.41) is 10.5. The van der Waals surface area contributed by atoms with Gasteiger partial charge in [0.1, 0.15) is 0 Å². The maximum Gasteiger partial charge on any atom is 0.0940 e. The molecule has 4 heteroatoms. The quantitative estimate of drug-likeness (QED) is 0.914. The fourth-order valence-corrected chi connectivity index (χ4v) is 3.33. The first kappa shape index (κ1) is 14.0. The Morgan fingerprint density at radius 2 is 2.35 bits per heavy atom. The van der Waals surface area contributed by atoms with Crippen LogP contribution in [-0.2, 0) is 15.9 Å². The van der Waals surface area contributed by atoms with E-state index in [4.69, 9.17) is 9.47 Å². The van der Waals surface area contributed by atoms with Crippen molar-refractivity contribution >= 4 is 0 Å². The highest BCUT2D eigenvalue weighted by atomic mass is 16.6. The lowest BCUT2D eigenvalue weighted by Crippen LogP contribution is -2.43. The van der Waals surface area contributed by atoms with Crippen LogP contribution in [0.15, 0.2) is 24.4 Å². The number of aryl methyl sites for hydroxylation is 1. The van der Waals surface area contributed by atoms with E-state index in [1.807, 2.05) is 18.2 Å². The second kappa shape index (κ2) is 6.20. The minimum Gasteiger partial charge on any atom is -0.393 e. The zero-order chi connectivity index (χ0) is 13.8. The maximum absolute atomic E-state index is 10.5. The summed E-state index contributed by atoms with van der Waals surface area (Å²) < 4.78 is 11.4. The van der Waals surface area contributed by atoms with Crippen molar-refractivity contribution in [2.24, 2.45) is 5.92 Å². The van der Waals surface area contributed by atoms with Gasteiger partial charge in [0.15, 0.2) is 0 Å². The van der Waals surface area contributed by atoms with Gasteiger partial charge in [0.2, 0.25) is 0 Å². The molecule has 0 bridgehead atoms. The average Bonchev–Trinajstić information content (AvgIpc) is 2.93. The number of hydrogen-bond acceptors (Lipinski definition) is 4. The minimum absolute atomic E-state index is 0.116. The predicted octanol–water partition coefficient (Wildman–Crippen LogP) is 1.96. The molecule has 4 nitrogen and oxygen atoms in total. The van der Waals surface area contributed by atoms with E-state index < -0.39 is 0 Å². The monoisotopic (exact) mass is 277 g/mol. The van der Waals surface area contributed by atoms with Gasteiger partial charge in [-0.3, -0.25) is 4.98 Å². The average molecular weight is 277 g/mol. The molecule has 0 aliphatic carbocycles. The van der Waals surface area contributed by atoms with Crippen molar-refractivity contribution in [3.8, 4) is 0 Å². The molecule has 0 amide bonds. The van der Waals surface area contributed by atoms with Gasteiger partial charge in [-0.15, -0.1) is 0 Å². The second-order valence-electron chi connectivity index (χ2n) is 6.01. The van der Waals surface area contributed by atoms with Gasteiger partial charge in [0.05, 0.1) is 18.3 Å². The summed E-state index contributed by atoms with van der Waals surface area (Å²) in [5.41, 5.74) is 0.937. The van der Waals surface area contributed by atoms with E-state index in [2.05, 4.69) is 4.98 Å². The van der Waals surface area contributed by atoms with E-state index in [0.717, 1.165) is 51.0 Å². The zero-order valence-electron chi connectivity index (χ0n) is 11.8. The highest BCUT2D eigenvalue weighted by Crippen LogP contribution is 2.37. The lowest BCUT2D eigenvalue weighted by atomic mass is 9.81. The smallest absolute Gasteiger partial charge is 0.0940 e. The third kappa shape index (κ3) is 3.19. The molecule has 0 saturated carbocycles. The van der Waals surface area contributed by atoms with Crippen molar-refractivity contribution < 1.29 is 14.6 Å². The van der Waals surface area contributed by atoms with Crippen LogP contribution in [-0.4, -0.2) is 41.6 Å². The summed E-state index contributed by atoms with van der Waals surface area (Å²) in [6.07, 6.45) is 6.00. The highest BCUT2D eigenvalue weighted by molar-refractivity contribution is 5.04. The number of aromatic nitrogens is 1. The van der Waals surface area contributed by atoms with Gasteiger partial charge in [0.25, 0.3) is 0 Å². The first-order valence-electron chi connectivity index (χ1n) is 7.57. The van der Waals surface area contributed by atoms with Crippen LogP contribution in [0.2, 0.25) is 0 Å². The maximum atomic E-state index is 10.5. The number of ether oxygens (including phenoxy) is 2. The molecule has 2 saturated heterocycles. The van der Waals surface area contributed by atoms with Crippen LogP contribution >= 0.6 is 0 Å². The molecule has 2 aliphatic rings. The van der Waals surface area contributed by atoms with Gasteiger partial charge in [-0.1, -0.05) is 6.07 Å². The molecule has 2 aliphatic heterocycles. The molecule has 1 aromatic heterocycles. The number of pyridine rings is 1. The Balaban J connectivity index is 1.53. The molecule has 1 aromatic rings. The van der Waals surface area contributed by atoms with Gasteiger partial charge in [0, 0.05) is 31.5 Å². The topological polar surface area (TPSA) is 51.6 Å². The molecule has 3 atom stereocenters. The Hall–Kier alpha value is -0.970. The van der Waals surface area contributed by atoms with Crippen LogP contribution in [0.25, 0.3) is 0 Å². The van der Waals surface area contributed by atoms with Crippen molar-refractivity contribution in [3.05, 3.63) is 30.1 Å². The number of nitrogens with zero attached hydrogens (tertiary/aromatic N) is 1. The third-order valence-electron chi connectivity index (χ3n) is 4.56. The first-order chi connectivity index (χ1) is 9.77. The Morgan fingerprint density at radius 1 is 1.40 bits per heavy atom. The second-order valence-corrected chi connectivity index (χ2v) is 6.01. The van der Waals surface area contributed by atoms with Crippen LogP contribution < -0.4 is 0 Å². The van der Waals surface area contributed by atoms with E-state index in [1.54, 1.807) is 6.20 Å². The van der Waals surface area contributed by atoms with Gasteiger partial charge >= 0.3 is 0 Å². The number of aliphatic hydroxyl groups excluding tert-OH is 1. The number of hydrogen-bond donors (Lipinski definition) is 1. The Bertz CT molecular complexity index is 417. The number of rotatable bonds is 4. The van der Waals surface area contributed by atoms with E-state index >= 15 is 0 Å². The van der Waals surface area contributed by atoms with Crippen LogP contribution in [0.5, 0.6) is 0 Å². The molecule has 110 valence electrons. The summed E-state index contributed by atoms with van der Waals surface area (Å²) in [6, 6.07) is 5.93. The number of aliphatic hydroxyl groups is 1. The van der Waals surface area contributed by atoms with Gasteiger partial charge in [-0.05, 0) is 43.7 Å². The van der Waals surface area contributed by atoms with Crippen LogP contribution in [0, 0.1) is 5.92 Å². The fraction of sp³-hybridized carbons (Fsp3) is 0.688. The third-order valence-corrected chi connectivity index (χ3v) is 4.56. The summed E-state index contributed by atoms with van der Waals surface area (Å²) in [4.78, 5) is 4.31. The summed E-state index contributed by atoms with van der Waals surface area (Å²) in [6.45, 7) is 2.22. The normalized spacial score (nSPS) is 31.6. The molecule has 0 radical (unpaired) electrons. The van der Waals surface area contributed by atoms with Crippen molar-refractivity contribution in [1.82, 2.24) is 4.98 Å². The van der Waals surface area contributed by atoms with Crippen molar-refractivity contribution in [1.29, 1.82) is 0 Å². The SMILES string of the molecule is OC(CCc1ccccn1)C1CCOC2(CCOC2)C1. The highest BCUT2D eigenvalue weighted by Gasteiger charge is 2.42. The molecule has 3 rings (SSSR count). The van der Waals surface area contributed by atoms with Crippen molar-refractivity contribution in [2.75, 3.05) is 19.8 Å². The molecule has 1 spiro atoms. The molecule has 1 N–H and O–H groups in total. The van der Waals surface area contributed by atoms with E-state index in [9.17, 15) is 5.11 Å². The molecular formula is C16H23NO3.